The van der Waals surface area contributed by atoms with Crippen LogP contribution in [0.4, 0.5) is 0 Å². The van der Waals surface area contributed by atoms with Gasteiger partial charge in [-0.25, -0.2) is 0 Å². The summed E-state index contributed by atoms with van der Waals surface area (Å²) in [4.78, 5) is 14.7. The lowest BCUT2D eigenvalue weighted by Gasteiger charge is -2.21. The van der Waals surface area contributed by atoms with Gasteiger partial charge >= 0.3 is 0 Å². The number of furan rings is 2. The van der Waals surface area contributed by atoms with Gasteiger partial charge in [0.25, 0.3) is 0 Å². The van der Waals surface area contributed by atoms with E-state index in [1.54, 1.807) is 24.5 Å². The van der Waals surface area contributed by atoms with Crippen molar-refractivity contribution in [2.24, 2.45) is 0 Å². The molecule has 2 aromatic heterocycles. The second-order valence-corrected chi connectivity index (χ2v) is 6.80. The number of rotatable bonds is 7. The van der Waals surface area contributed by atoms with Crippen LogP contribution in [0.2, 0.25) is 0 Å². The first-order valence-electron chi connectivity index (χ1n) is 9.05. The SMILES string of the molecule is COCCN(Cc1ccco1)C(=O)Cc1coc2cc3c(cc12)CCC3. The number of amides is 1. The molecule has 0 fully saturated rings. The van der Waals surface area contributed by atoms with E-state index in [0.29, 0.717) is 26.1 Å². The number of carbonyl (C=O) groups excluding carboxylic acids is 1. The Kier molecular flexibility index (Phi) is 4.80. The summed E-state index contributed by atoms with van der Waals surface area (Å²) in [5, 5.41) is 1.06. The van der Waals surface area contributed by atoms with E-state index in [1.807, 2.05) is 12.1 Å². The number of methoxy groups -OCH3 is 1. The smallest absolute Gasteiger partial charge is 0.227 e. The van der Waals surface area contributed by atoms with Gasteiger partial charge in [-0.2, -0.15) is 0 Å². The van der Waals surface area contributed by atoms with Gasteiger partial charge in [-0.1, -0.05) is 0 Å². The molecule has 1 aromatic carbocycles. The number of nitrogens with zero attached hydrogens (tertiary/aromatic N) is 1. The van der Waals surface area contributed by atoms with Gasteiger partial charge in [-0.3, -0.25) is 4.79 Å². The van der Waals surface area contributed by atoms with Crippen LogP contribution in [0.5, 0.6) is 0 Å². The highest BCUT2D eigenvalue weighted by atomic mass is 16.5. The van der Waals surface area contributed by atoms with Crippen molar-refractivity contribution in [1.82, 2.24) is 4.90 Å². The minimum Gasteiger partial charge on any atom is -0.467 e. The van der Waals surface area contributed by atoms with E-state index in [4.69, 9.17) is 13.6 Å². The topological polar surface area (TPSA) is 55.8 Å². The van der Waals surface area contributed by atoms with Gasteiger partial charge < -0.3 is 18.5 Å². The fourth-order valence-corrected chi connectivity index (χ4v) is 3.64. The Morgan fingerprint density at radius 3 is 2.85 bits per heavy atom. The molecule has 136 valence electrons. The maximum absolute atomic E-state index is 12.9. The van der Waals surface area contributed by atoms with E-state index in [-0.39, 0.29) is 5.91 Å². The summed E-state index contributed by atoms with van der Waals surface area (Å²) in [6, 6.07) is 8.05. The Morgan fingerprint density at radius 1 is 1.23 bits per heavy atom. The summed E-state index contributed by atoms with van der Waals surface area (Å²) < 4.78 is 16.3. The normalized spacial score (nSPS) is 13.3. The summed E-state index contributed by atoms with van der Waals surface area (Å²) in [5.74, 6) is 0.811. The van der Waals surface area contributed by atoms with Gasteiger partial charge in [0.15, 0.2) is 0 Å². The summed E-state index contributed by atoms with van der Waals surface area (Å²) in [5.41, 5.74) is 4.59. The maximum atomic E-state index is 12.9. The van der Waals surface area contributed by atoms with Crippen LogP contribution in [-0.4, -0.2) is 31.1 Å². The van der Waals surface area contributed by atoms with Crippen LogP contribution in [0.1, 0.15) is 28.9 Å². The van der Waals surface area contributed by atoms with Crippen molar-refractivity contribution in [3.8, 4) is 0 Å². The van der Waals surface area contributed by atoms with E-state index >= 15 is 0 Å². The predicted octanol–water partition coefficient (Wildman–Crippen LogP) is 3.73. The van der Waals surface area contributed by atoms with Crippen LogP contribution in [0.15, 0.2) is 45.6 Å². The molecule has 0 aliphatic heterocycles. The Morgan fingerprint density at radius 2 is 2.08 bits per heavy atom. The zero-order chi connectivity index (χ0) is 17.9. The average Bonchev–Trinajstić information content (AvgIpc) is 3.38. The lowest BCUT2D eigenvalue weighted by Crippen LogP contribution is -2.34. The third-order valence-electron chi connectivity index (χ3n) is 5.05. The number of hydrogen-bond donors (Lipinski definition) is 0. The van der Waals surface area contributed by atoms with Crippen LogP contribution in [0.3, 0.4) is 0 Å². The second kappa shape index (κ2) is 7.38. The standard InChI is InChI=1S/C21H23NO4/c1-24-9-7-22(13-18-6-3-8-25-18)21(23)12-17-14-26-20-11-16-5-2-4-15(16)10-19(17)20/h3,6,8,10-11,14H,2,4-5,7,9,12-13H2,1H3. The summed E-state index contributed by atoms with van der Waals surface area (Å²) in [6.45, 7) is 1.47. The molecule has 0 atom stereocenters. The molecule has 0 N–H and O–H groups in total. The fourth-order valence-electron chi connectivity index (χ4n) is 3.64. The molecule has 0 saturated heterocycles. The Labute approximate surface area is 152 Å². The number of hydrogen-bond acceptors (Lipinski definition) is 4. The zero-order valence-corrected chi connectivity index (χ0v) is 15.0. The van der Waals surface area contributed by atoms with E-state index in [2.05, 4.69) is 12.1 Å². The van der Waals surface area contributed by atoms with Crippen LogP contribution in [0, 0.1) is 0 Å². The molecule has 1 aliphatic rings. The minimum absolute atomic E-state index is 0.0432. The Bertz CT molecular complexity index is 894. The monoisotopic (exact) mass is 353 g/mol. The van der Waals surface area contributed by atoms with Crippen molar-refractivity contribution in [1.29, 1.82) is 0 Å². The molecule has 1 aliphatic carbocycles. The Hall–Kier alpha value is -2.53. The molecule has 2 heterocycles. The zero-order valence-electron chi connectivity index (χ0n) is 15.0. The lowest BCUT2D eigenvalue weighted by atomic mass is 10.0. The van der Waals surface area contributed by atoms with Crippen molar-refractivity contribution >= 4 is 16.9 Å². The molecular formula is C21H23NO4. The highest BCUT2D eigenvalue weighted by Gasteiger charge is 2.20. The largest absolute Gasteiger partial charge is 0.467 e. The molecule has 5 heteroatoms. The number of carbonyl (C=O) groups is 1. The molecular weight excluding hydrogens is 330 g/mol. The van der Waals surface area contributed by atoms with E-state index in [0.717, 1.165) is 35.1 Å². The van der Waals surface area contributed by atoms with E-state index < -0.39 is 0 Å². The molecule has 0 radical (unpaired) electrons. The van der Waals surface area contributed by atoms with Crippen molar-refractivity contribution < 1.29 is 18.4 Å². The maximum Gasteiger partial charge on any atom is 0.227 e. The lowest BCUT2D eigenvalue weighted by molar-refractivity contribution is -0.132. The molecule has 0 spiro atoms. The quantitative estimate of drug-likeness (QED) is 0.649. The van der Waals surface area contributed by atoms with Gasteiger partial charge in [0.1, 0.15) is 11.3 Å². The van der Waals surface area contributed by atoms with E-state index in [9.17, 15) is 4.79 Å². The molecule has 26 heavy (non-hydrogen) atoms. The first kappa shape index (κ1) is 16.9. The first-order chi connectivity index (χ1) is 12.7. The van der Waals surface area contributed by atoms with Gasteiger partial charge in [0.2, 0.25) is 5.91 Å². The predicted molar refractivity (Wildman–Crippen MR) is 97.9 cm³/mol. The molecule has 0 unspecified atom stereocenters. The fraction of sp³-hybridized carbons (Fsp3) is 0.381. The van der Waals surface area contributed by atoms with Crippen molar-refractivity contribution in [3.63, 3.8) is 0 Å². The van der Waals surface area contributed by atoms with Crippen LogP contribution < -0.4 is 0 Å². The van der Waals surface area contributed by atoms with Gasteiger partial charge in [0, 0.05) is 24.6 Å². The highest BCUT2D eigenvalue weighted by Crippen LogP contribution is 2.30. The van der Waals surface area contributed by atoms with Crippen LogP contribution in [-0.2, 0) is 35.3 Å². The van der Waals surface area contributed by atoms with Gasteiger partial charge in [0.05, 0.1) is 32.1 Å². The van der Waals surface area contributed by atoms with Crippen LogP contribution in [0.25, 0.3) is 11.0 Å². The Balaban J connectivity index is 1.54. The highest BCUT2D eigenvalue weighted by molar-refractivity contribution is 5.88. The third-order valence-corrected chi connectivity index (χ3v) is 5.05. The first-order valence-corrected chi connectivity index (χ1v) is 9.05. The number of aryl methyl sites for hydroxylation is 2. The summed E-state index contributed by atoms with van der Waals surface area (Å²) in [6.07, 6.45) is 7.09. The molecule has 4 rings (SSSR count). The molecule has 0 bridgehead atoms. The molecule has 3 aromatic rings. The molecule has 0 saturated carbocycles. The average molecular weight is 353 g/mol. The summed E-state index contributed by atoms with van der Waals surface area (Å²) in [7, 11) is 1.64. The molecule has 5 nitrogen and oxygen atoms in total. The number of benzene rings is 1. The van der Waals surface area contributed by atoms with Crippen molar-refractivity contribution in [2.45, 2.75) is 32.2 Å². The van der Waals surface area contributed by atoms with Crippen molar-refractivity contribution in [2.75, 3.05) is 20.3 Å². The minimum atomic E-state index is 0.0432. The van der Waals surface area contributed by atoms with Gasteiger partial charge in [-0.15, -0.1) is 0 Å². The van der Waals surface area contributed by atoms with Crippen LogP contribution >= 0.6 is 0 Å². The van der Waals surface area contributed by atoms with Gasteiger partial charge in [-0.05, 0) is 54.7 Å². The van der Waals surface area contributed by atoms with Crippen molar-refractivity contribution in [3.05, 3.63) is 59.2 Å². The third kappa shape index (κ3) is 3.40. The van der Waals surface area contributed by atoms with E-state index in [1.165, 1.54) is 17.5 Å². The second-order valence-electron chi connectivity index (χ2n) is 6.80. The summed E-state index contributed by atoms with van der Waals surface area (Å²) >= 11 is 0. The number of fused-ring (bicyclic) bond motifs is 2. The number of ether oxygens (including phenoxy) is 1. The molecule has 1 amide bonds.